The molecule has 1 heterocycles. The Hall–Kier alpha value is -2.39. The van der Waals surface area contributed by atoms with Crippen molar-refractivity contribution in [2.75, 3.05) is 11.9 Å². The summed E-state index contributed by atoms with van der Waals surface area (Å²) in [5.74, 6) is 2.49. The van der Waals surface area contributed by atoms with Crippen LogP contribution in [0, 0.1) is 19.3 Å². The number of aryl methyl sites for hydroxylation is 1. The predicted molar refractivity (Wildman–Crippen MR) is 79.3 cm³/mol. The van der Waals surface area contributed by atoms with E-state index in [1.165, 1.54) is 16.9 Å². The van der Waals surface area contributed by atoms with E-state index in [2.05, 4.69) is 21.4 Å². The SMILES string of the molecule is C#CCN(Cc1ccc(C)cc1)C(=O)Nc1nncs1. The molecule has 2 aromatic rings. The monoisotopic (exact) mass is 286 g/mol. The molecule has 0 saturated carbocycles. The minimum absolute atomic E-state index is 0.235. The zero-order valence-corrected chi connectivity index (χ0v) is 11.9. The second kappa shape index (κ2) is 6.68. The van der Waals surface area contributed by atoms with Gasteiger partial charge in [0.25, 0.3) is 0 Å². The molecule has 0 spiro atoms. The Morgan fingerprint density at radius 2 is 2.20 bits per heavy atom. The van der Waals surface area contributed by atoms with Crippen molar-refractivity contribution < 1.29 is 4.79 Å². The summed E-state index contributed by atoms with van der Waals surface area (Å²) in [4.78, 5) is 13.7. The molecule has 0 fully saturated rings. The molecule has 2 rings (SSSR count). The Bertz CT molecular complexity index is 601. The maximum Gasteiger partial charge on any atom is 0.324 e. The second-order valence-electron chi connectivity index (χ2n) is 4.22. The average Bonchev–Trinajstić information content (AvgIpc) is 2.93. The first kappa shape index (κ1) is 14.0. The smallest absolute Gasteiger partial charge is 0.309 e. The van der Waals surface area contributed by atoms with Gasteiger partial charge in [0, 0.05) is 6.54 Å². The highest BCUT2D eigenvalue weighted by molar-refractivity contribution is 7.13. The first-order chi connectivity index (χ1) is 9.69. The number of hydrogen-bond donors (Lipinski definition) is 1. The van der Waals surface area contributed by atoms with Crippen LogP contribution in [-0.2, 0) is 6.54 Å². The van der Waals surface area contributed by atoms with Gasteiger partial charge < -0.3 is 4.90 Å². The van der Waals surface area contributed by atoms with Gasteiger partial charge in [-0.2, -0.15) is 0 Å². The minimum Gasteiger partial charge on any atom is -0.309 e. The van der Waals surface area contributed by atoms with Gasteiger partial charge in [-0.05, 0) is 12.5 Å². The van der Waals surface area contributed by atoms with Crippen LogP contribution in [0.5, 0.6) is 0 Å². The van der Waals surface area contributed by atoms with Gasteiger partial charge in [0.15, 0.2) is 0 Å². The maximum atomic E-state index is 12.1. The summed E-state index contributed by atoms with van der Waals surface area (Å²) >= 11 is 1.26. The van der Waals surface area contributed by atoms with Gasteiger partial charge in [-0.1, -0.05) is 47.1 Å². The molecule has 0 aliphatic rings. The van der Waals surface area contributed by atoms with Gasteiger partial charge >= 0.3 is 6.03 Å². The molecule has 0 atom stereocenters. The van der Waals surface area contributed by atoms with E-state index < -0.39 is 0 Å². The molecule has 0 bridgehead atoms. The maximum absolute atomic E-state index is 12.1. The van der Waals surface area contributed by atoms with Crippen molar-refractivity contribution in [2.24, 2.45) is 0 Å². The van der Waals surface area contributed by atoms with Crippen molar-refractivity contribution in [3.8, 4) is 12.3 Å². The standard InChI is InChI=1S/C14H14N4OS/c1-3-8-18(9-12-6-4-11(2)5-7-12)14(19)16-13-17-15-10-20-13/h1,4-7,10H,8-9H2,2H3,(H,16,17,19). The number of nitrogens with one attached hydrogen (secondary N) is 1. The average molecular weight is 286 g/mol. The summed E-state index contributed by atoms with van der Waals surface area (Å²) in [7, 11) is 0. The van der Waals surface area contributed by atoms with Gasteiger partial charge in [-0.15, -0.1) is 16.6 Å². The fourth-order valence-corrected chi connectivity index (χ4v) is 2.06. The summed E-state index contributed by atoms with van der Waals surface area (Å²) in [6.45, 7) is 2.71. The molecule has 0 radical (unpaired) electrons. The van der Waals surface area contributed by atoms with E-state index in [4.69, 9.17) is 6.42 Å². The molecule has 2 amide bonds. The van der Waals surface area contributed by atoms with E-state index in [1.54, 1.807) is 10.4 Å². The van der Waals surface area contributed by atoms with Gasteiger partial charge in [0.1, 0.15) is 5.51 Å². The van der Waals surface area contributed by atoms with Crippen molar-refractivity contribution in [1.82, 2.24) is 15.1 Å². The summed E-state index contributed by atoms with van der Waals surface area (Å²) in [5.41, 5.74) is 3.76. The molecule has 102 valence electrons. The van der Waals surface area contributed by atoms with Crippen LogP contribution in [0.2, 0.25) is 0 Å². The molecule has 1 aromatic carbocycles. The quantitative estimate of drug-likeness (QED) is 0.879. The molecule has 5 nitrogen and oxygen atoms in total. The lowest BCUT2D eigenvalue weighted by molar-refractivity contribution is 0.216. The van der Waals surface area contributed by atoms with E-state index >= 15 is 0 Å². The molecule has 1 aromatic heterocycles. The lowest BCUT2D eigenvalue weighted by Crippen LogP contribution is -2.34. The highest BCUT2D eigenvalue weighted by atomic mass is 32.1. The normalized spacial score (nSPS) is 9.80. The van der Waals surface area contributed by atoms with Crippen LogP contribution >= 0.6 is 11.3 Å². The third-order valence-corrected chi connectivity index (χ3v) is 3.24. The highest BCUT2D eigenvalue weighted by Crippen LogP contribution is 2.11. The van der Waals surface area contributed by atoms with Crippen LogP contribution in [-0.4, -0.2) is 27.7 Å². The number of carbonyl (C=O) groups is 1. The molecule has 0 aliphatic heterocycles. The van der Waals surface area contributed by atoms with Crippen LogP contribution in [0.25, 0.3) is 0 Å². The number of carbonyl (C=O) groups excluding carboxylic acids is 1. The topological polar surface area (TPSA) is 58.1 Å². The number of nitrogens with zero attached hydrogens (tertiary/aromatic N) is 3. The number of hydrogen-bond acceptors (Lipinski definition) is 4. The van der Waals surface area contributed by atoms with Crippen LogP contribution in [0.15, 0.2) is 29.8 Å². The Morgan fingerprint density at radius 1 is 1.45 bits per heavy atom. The number of terminal acetylenes is 1. The zero-order chi connectivity index (χ0) is 14.4. The van der Waals surface area contributed by atoms with Crippen LogP contribution in [0.3, 0.4) is 0 Å². The van der Waals surface area contributed by atoms with E-state index in [0.717, 1.165) is 5.56 Å². The number of anilines is 1. The first-order valence-electron chi connectivity index (χ1n) is 6.00. The Labute approximate surface area is 121 Å². The van der Waals surface area contributed by atoms with E-state index in [-0.39, 0.29) is 12.6 Å². The highest BCUT2D eigenvalue weighted by Gasteiger charge is 2.14. The number of urea groups is 1. The van der Waals surface area contributed by atoms with E-state index in [0.29, 0.717) is 11.7 Å². The summed E-state index contributed by atoms with van der Waals surface area (Å²) in [6, 6.07) is 7.70. The molecule has 20 heavy (non-hydrogen) atoms. The van der Waals surface area contributed by atoms with Crippen LogP contribution in [0.1, 0.15) is 11.1 Å². The number of aromatic nitrogens is 2. The molecule has 0 unspecified atom stereocenters. The Balaban J connectivity index is 2.04. The van der Waals surface area contributed by atoms with E-state index in [9.17, 15) is 4.79 Å². The summed E-state index contributed by atoms with van der Waals surface area (Å²) in [6.07, 6.45) is 5.32. The van der Waals surface area contributed by atoms with Crippen LogP contribution < -0.4 is 5.32 Å². The predicted octanol–water partition coefficient (Wildman–Crippen LogP) is 2.51. The lowest BCUT2D eigenvalue weighted by atomic mass is 10.1. The fraction of sp³-hybridized carbons (Fsp3) is 0.214. The van der Waals surface area contributed by atoms with Gasteiger partial charge in [0.2, 0.25) is 5.13 Å². The van der Waals surface area contributed by atoms with E-state index in [1.807, 2.05) is 31.2 Å². The van der Waals surface area contributed by atoms with Crippen molar-refractivity contribution in [3.63, 3.8) is 0 Å². The van der Waals surface area contributed by atoms with Crippen LogP contribution in [0.4, 0.5) is 9.93 Å². The zero-order valence-electron chi connectivity index (χ0n) is 11.0. The molecule has 0 aliphatic carbocycles. The van der Waals surface area contributed by atoms with Crippen molar-refractivity contribution in [1.29, 1.82) is 0 Å². The molecular formula is C14H14N4OS. The summed E-state index contributed by atoms with van der Waals surface area (Å²) in [5, 5.41) is 10.6. The number of rotatable bonds is 4. The fourth-order valence-electron chi connectivity index (χ4n) is 1.62. The number of amides is 2. The van der Waals surface area contributed by atoms with Gasteiger partial charge in [-0.25, -0.2) is 4.79 Å². The second-order valence-corrected chi connectivity index (χ2v) is 5.05. The van der Waals surface area contributed by atoms with Crippen molar-refractivity contribution in [2.45, 2.75) is 13.5 Å². The van der Waals surface area contributed by atoms with Gasteiger partial charge in [-0.3, -0.25) is 5.32 Å². The number of benzene rings is 1. The molecule has 0 saturated heterocycles. The Morgan fingerprint density at radius 3 is 2.80 bits per heavy atom. The lowest BCUT2D eigenvalue weighted by Gasteiger charge is -2.20. The minimum atomic E-state index is -0.278. The third kappa shape index (κ3) is 3.80. The summed E-state index contributed by atoms with van der Waals surface area (Å²) < 4.78 is 0. The molecular weight excluding hydrogens is 272 g/mol. The van der Waals surface area contributed by atoms with Crippen molar-refractivity contribution >= 4 is 22.5 Å². The molecule has 1 N–H and O–H groups in total. The first-order valence-corrected chi connectivity index (χ1v) is 6.88. The van der Waals surface area contributed by atoms with Crippen molar-refractivity contribution in [3.05, 3.63) is 40.9 Å². The van der Waals surface area contributed by atoms with Gasteiger partial charge in [0.05, 0.1) is 6.54 Å². The largest absolute Gasteiger partial charge is 0.324 e. The third-order valence-electron chi connectivity index (χ3n) is 2.64. The molecule has 6 heteroatoms. The Kier molecular flexibility index (Phi) is 4.69.